The van der Waals surface area contributed by atoms with Crippen LogP contribution in [0.2, 0.25) is 0 Å². The third-order valence-corrected chi connectivity index (χ3v) is 2.64. The van der Waals surface area contributed by atoms with Gasteiger partial charge in [0, 0.05) is 0 Å². The van der Waals surface area contributed by atoms with Crippen molar-refractivity contribution >= 4 is 12.3 Å². The van der Waals surface area contributed by atoms with Gasteiger partial charge < -0.3 is 0 Å². The number of carbonyl (C=O) groups excluding carboxylic acids is 1. The zero-order chi connectivity index (χ0) is 7.02. The Labute approximate surface area is 50.4 Å². The minimum absolute atomic E-state index is 0.143. The van der Waals surface area contributed by atoms with Crippen molar-refractivity contribution in [3.63, 3.8) is 0 Å². The van der Waals surface area contributed by atoms with E-state index in [9.17, 15) is 4.79 Å². The Morgan fingerprint density at radius 3 is 1.38 bits per heavy atom. The summed E-state index contributed by atoms with van der Waals surface area (Å²) in [6.07, 6.45) is 0. The Hall–Kier alpha value is -0.100. The molecule has 3 heteroatoms. The zero-order valence-corrected chi connectivity index (χ0v) is 6.83. The molecule has 0 radical (unpaired) electrons. The van der Waals surface area contributed by atoms with Gasteiger partial charge in [0.2, 0.25) is 0 Å². The van der Waals surface area contributed by atoms with E-state index in [0.29, 0.717) is 0 Å². The first-order chi connectivity index (χ1) is 3.20. The molecule has 2 nitrogen and oxygen atoms in total. The summed E-state index contributed by atoms with van der Waals surface area (Å²) < 4.78 is 0. The summed E-state index contributed by atoms with van der Waals surface area (Å²) in [7, 11) is 0. The molecule has 0 fully saturated rings. The van der Waals surface area contributed by atoms with Crippen molar-refractivity contribution in [2.75, 3.05) is 26.7 Å². The first-order valence-corrected chi connectivity index (χ1v) is 6.53. The Bertz CT molecular complexity index is 113. The maximum absolute atomic E-state index is 10.6. The Morgan fingerprint density at radius 2 is 1.38 bits per heavy atom. The normalized spacial score (nSPS) is 16.8. The van der Waals surface area contributed by atoms with Gasteiger partial charge in [0.15, 0.2) is 0 Å². The summed E-state index contributed by atoms with van der Waals surface area (Å²) in [4.78, 5) is 10.6. The van der Waals surface area contributed by atoms with Gasteiger partial charge in [-0.2, -0.15) is 0 Å². The Kier molecular flexibility index (Phi) is 1.43. The second-order valence-corrected chi connectivity index (χ2v) is 11.5. The van der Waals surface area contributed by atoms with E-state index in [-0.39, 0.29) is 5.65 Å². The Balaban J connectivity index is 4.38. The van der Waals surface area contributed by atoms with Crippen molar-refractivity contribution in [2.24, 2.45) is 5.73 Å². The second-order valence-electron chi connectivity index (χ2n) is 3.92. The fraction of sp³-hybridized carbons (Fsp3) is 0.800. The molecule has 0 atom stereocenters. The number of primary amides is 1. The molecular formula is C5H14NOP. The summed E-state index contributed by atoms with van der Waals surface area (Å²) in [5.74, 6) is 0. The molecule has 0 aromatic rings. The molecule has 0 unspecified atom stereocenters. The molecule has 0 aliphatic heterocycles. The third-order valence-electron chi connectivity index (χ3n) is 0.882. The molecule has 0 heterocycles. The molecule has 0 saturated heterocycles. The van der Waals surface area contributed by atoms with Crippen LogP contribution in [-0.2, 0) is 0 Å². The first kappa shape index (κ1) is 7.90. The summed E-state index contributed by atoms with van der Waals surface area (Å²) in [5, 5.41) is 0. The number of rotatable bonds is 1. The van der Waals surface area contributed by atoms with Crippen LogP contribution in [0.4, 0.5) is 4.79 Å². The van der Waals surface area contributed by atoms with E-state index in [1.54, 1.807) is 0 Å². The molecule has 8 heavy (non-hydrogen) atoms. The average Bonchev–Trinajstić information content (AvgIpc) is 1.27. The van der Waals surface area contributed by atoms with E-state index in [1.165, 1.54) is 0 Å². The van der Waals surface area contributed by atoms with E-state index in [1.807, 2.05) is 26.7 Å². The standard InChI is InChI=1S/C5H14NOP/c1-8(2,3,4)5(6)7/h1-4H3,(H2,6,7). The number of hydrogen-bond donors (Lipinski definition) is 1. The number of amides is 1. The van der Waals surface area contributed by atoms with E-state index in [0.717, 1.165) is 0 Å². The molecule has 0 aliphatic rings. The number of nitrogens with two attached hydrogens (primary N) is 1. The number of carbonyl (C=O) groups is 1. The SMILES string of the molecule is CP(C)(C)(C)C(N)=O. The van der Waals surface area contributed by atoms with Crippen LogP contribution in [0, 0.1) is 0 Å². The molecule has 0 aromatic heterocycles. The van der Waals surface area contributed by atoms with Gasteiger partial charge in [0.1, 0.15) is 0 Å². The fourth-order valence-electron chi connectivity index (χ4n) is 0. The van der Waals surface area contributed by atoms with Gasteiger partial charge in [-0.15, -0.1) is 0 Å². The molecule has 0 rings (SSSR count). The molecule has 0 aliphatic carbocycles. The minimum atomic E-state index is -2.05. The molecule has 0 bridgehead atoms. The zero-order valence-electron chi connectivity index (χ0n) is 5.93. The van der Waals surface area contributed by atoms with Crippen LogP contribution in [-0.4, -0.2) is 32.3 Å². The predicted octanol–water partition coefficient (Wildman–Crippen LogP) is 1.14. The van der Waals surface area contributed by atoms with Gasteiger partial charge in [-0.05, 0) is 0 Å². The molecule has 0 saturated carbocycles. The van der Waals surface area contributed by atoms with Crippen LogP contribution < -0.4 is 5.73 Å². The fourth-order valence-corrected chi connectivity index (χ4v) is 0. The van der Waals surface area contributed by atoms with E-state index >= 15 is 0 Å². The van der Waals surface area contributed by atoms with Crippen molar-refractivity contribution in [1.82, 2.24) is 0 Å². The molecule has 0 aromatic carbocycles. The van der Waals surface area contributed by atoms with Crippen molar-refractivity contribution in [1.29, 1.82) is 0 Å². The van der Waals surface area contributed by atoms with Gasteiger partial charge in [0.05, 0.1) is 0 Å². The van der Waals surface area contributed by atoms with Crippen LogP contribution in [0.15, 0.2) is 0 Å². The molecule has 1 amide bonds. The van der Waals surface area contributed by atoms with Crippen LogP contribution in [0.3, 0.4) is 0 Å². The predicted molar refractivity (Wildman–Crippen MR) is 40.2 cm³/mol. The number of hydrogen-bond acceptors (Lipinski definition) is 1. The van der Waals surface area contributed by atoms with Crippen LogP contribution in [0.25, 0.3) is 0 Å². The average molecular weight is 135 g/mol. The van der Waals surface area contributed by atoms with Gasteiger partial charge in [-0.25, -0.2) is 0 Å². The second kappa shape index (κ2) is 1.44. The molecule has 50 valence electrons. The van der Waals surface area contributed by atoms with Crippen LogP contribution in [0.1, 0.15) is 0 Å². The van der Waals surface area contributed by atoms with Gasteiger partial charge in [-0.3, -0.25) is 0 Å². The quantitative estimate of drug-likeness (QED) is 0.538. The molecule has 0 spiro atoms. The van der Waals surface area contributed by atoms with Gasteiger partial charge >= 0.3 is 49.4 Å². The third kappa shape index (κ3) is 2.27. The van der Waals surface area contributed by atoms with Crippen molar-refractivity contribution in [3.8, 4) is 0 Å². The molecule has 2 N–H and O–H groups in total. The van der Waals surface area contributed by atoms with Crippen molar-refractivity contribution in [2.45, 2.75) is 0 Å². The summed E-state index contributed by atoms with van der Waals surface area (Å²) in [6.45, 7) is 5.71. The first-order valence-electron chi connectivity index (χ1n) is 2.51. The van der Waals surface area contributed by atoms with E-state index < -0.39 is 6.60 Å². The Morgan fingerprint density at radius 1 is 1.25 bits per heavy atom. The summed E-state index contributed by atoms with van der Waals surface area (Å²) in [6, 6.07) is 0. The maximum atomic E-state index is 10.6. The van der Waals surface area contributed by atoms with Gasteiger partial charge in [0.25, 0.3) is 0 Å². The summed E-state index contributed by atoms with van der Waals surface area (Å²) >= 11 is 0. The monoisotopic (exact) mass is 135 g/mol. The van der Waals surface area contributed by atoms with Gasteiger partial charge in [-0.1, -0.05) is 0 Å². The summed E-state index contributed by atoms with van der Waals surface area (Å²) in [5.41, 5.74) is 4.98. The van der Waals surface area contributed by atoms with Crippen LogP contribution >= 0.6 is 6.60 Å². The van der Waals surface area contributed by atoms with Crippen molar-refractivity contribution < 1.29 is 4.79 Å². The topological polar surface area (TPSA) is 43.1 Å². The molecular weight excluding hydrogens is 121 g/mol. The van der Waals surface area contributed by atoms with Crippen LogP contribution in [0.5, 0.6) is 0 Å². The van der Waals surface area contributed by atoms with E-state index in [2.05, 4.69) is 0 Å². The van der Waals surface area contributed by atoms with E-state index in [4.69, 9.17) is 5.73 Å². The van der Waals surface area contributed by atoms with Crippen molar-refractivity contribution in [3.05, 3.63) is 0 Å².